The molecule has 2 N–H and O–H groups in total. The summed E-state index contributed by atoms with van der Waals surface area (Å²) in [4.78, 5) is 6.89. The monoisotopic (exact) mass is 540 g/mol. The van der Waals surface area contributed by atoms with Crippen molar-refractivity contribution in [2.45, 2.75) is 38.2 Å². The van der Waals surface area contributed by atoms with Crippen molar-refractivity contribution in [3.8, 4) is 5.75 Å². The maximum atomic E-state index is 13.7. The number of nitrogens with one attached hydrogen (secondary N) is 2. The highest BCUT2D eigenvalue weighted by Crippen LogP contribution is 2.45. The predicted molar refractivity (Wildman–Crippen MR) is 134 cm³/mol. The van der Waals surface area contributed by atoms with E-state index < -0.39 is 31.1 Å². The largest absolute Gasteiger partial charge is 0.573 e. The number of ether oxygens (including phenoxy) is 1. The SMILES string of the molecule is CC1Cc2c([nH]c3ccccc23)C(c2ccc(NCCN3CC(CF)C3)cc2OC(F)(F)F)N1CC(F)F. The quantitative estimate of drug-likeness (QED) is 0.328. The molecule has 206 valence electrons. The second-order valence-corrected chi connectivity index (χ2v) is 10.1. The van der Waals surface area contributed by atoms with Crippen molar-refractivity contribution in [3.63, 3.8) is 0 Å². The molecule has 0 spiro atoms. The lowest BCUT2D eigenvalue weighted by Crippen LogP contribution is -2.49. The molecule has 2 aliphatic rings. The van der Waals surface area contributed by atoms with E-state index in [-0.39, 0.29) is 24.2 Å². The number of aromatic amines is 1. The molecule has 0 amide bonds. The van der Waals surface area contributed by atoms with Gasteiger partial charge in [-0.2, -0.15) is 0 Å². The van der Waals surface area contributed by atoms with E-state index in [1.807, 2.05) is 31.2 Å². The summed E-state index contributed by atoms with van der Waals surface area (Å²) in [6, 6.07) is 10.7. The van der Waals surface area contributed by atoms with Gasteiger partial charge in [0.2, 0.25) is 0 Å². The topological polar surface area (TPSA) is 43.5 Å². The van der Waals surface area contributed by atoms with E-state index in [2.05, 4.69) is 19.9 Å². The second-order valence-electron chi connectivity index (χ2n) is 10.1. The van der Waals surface area contributed by atoms with Gasteiger partial charge in [-0.25, -0.2) is 8.78 Å². The van der Waals surface area contributed by atoms with Crippen LogP contribution >= 0.6 is 0 Å². The molecule has 11 heteroatoms. The van der Waals surface area contributed by atoms with Gasteiger partial charge in [0, 0.05) is 72.1 Å². The van der Waals surface area contributed by atoms with Crippen LogP contribution in [-0.2, 0) is 6.42 Å². The number of para-hydroxylation sites is 1. The Bertz CT molecular complexity index is 1260. The summed E-state index contributed by atoms with van der Waals surface area (Å²) >= 11 is 0. The number of halogens is 6. The highest BCUT2D eigenvalue weighted by atomic mass is 19.4. The van der Waals surface area contributed by atoms with E-state index >= 15 is 0 Å². The number of aromatic nitrogens is 1. The molecular formula is C27H30F6N4O. The smallest absolute Gasteiger partial charge is 0.405 e. The predicted octanol–water partition coefficient (Wildman–Crippen LogP) is 5.98. The molecule has 2 atom stereocenters. The third kappa shape index (κ3) is 5.58. The second kappa shape index (κ2) is 10.7. The van der Waals surface area contributed by atoms with Crippen molar-refractivity contribution in [2.24, 2.45) is 5.92 Å². The Kier molecular flexibility index (Phi) is 7.50. The van der Waals surface area contributed by atoms with Crippen LogP contribution in [0.15, 0.2) is 42.5 Å². The molecule has 38 heavy (non-hydrogen) atoms. The van der Waals surface area contributed by atoms with Gasteiger partial charge >= 0.3 is 6.36 Å². The van der Waals surface area contributed by atoms with Crippen LogP contribution in [0.2, 0.25) is 0 Å². The maximum Gasteiger partial charge on any atom is 0.573 e. The normalized spacial score (nSPS) is 21.1. The third-order valence-electron chi connectivity index (χ3n) is 7.41. The zero-order chi connectivity index (χ0) is 27.0. The van der Waals surface area contributed by atoms with Gasteiger partial charge < -0.3 is 19.9 Å². The average Bonchev–Trinajstić information content (AvgIpc) is 3.18. The molecule has 1 fully saturated rings. The highest BCUT2D eigenvalue weighted by molar-refractivity contribution is 5.85. The number of H-pyrrole nitrogens is 1. The Balaban J connectivity index is 1.50. The van der Waals surface area contributed by atoms with Crippen molar-refractivity contribution in [3.05, 3.63) is 59.3 Å². The molecular weight excluding hydrogens is 510 g/mol. The van der Waals surface area contributed by atoms with E-state index in [4.69, 9.17) is 0 Å². The van der Waals surface area contributed by atoms with E-state index in [0.717, 1.165) is 16.5 Å². The minimum absolute atomic E-state index is 0.0460. The molecule has 3 heterocycles. The van der Waals surface area contributed by atoms with Crippen molar-refractivity contribution in [1.29, 1.82) is 0 Å². The zero-order valence-electron chi connectivity index (χ0n) is 20.9. The molecule has 0 radical (unpaired) electrons. The van der Waals surface area contributed by atoms with Gasteiger partial charge in [-0.05, 0) is 31.0 Å². The minimum atomic E-state index is -4.97. The lowest BCUT2D eigenvalue weighted by atomic mass is 9.88. The summed E-state index contributed by atoms with van der Waals surface area (Å²) in [6.07, 6.45) is -7.15. The number of likely N-dealkylation sites (tertiary alicyclic amines) is 1. The summed E-state index contributed by atoms with van der Waals surface area (Å²) in [7, 11) is 0. The van der Waals surface area contributed by atoms with Gasteiger partial charge in [0.25, 0.3) is 6.43 Å². The van der Waals surface area contributed by atoms with Crippen LogP contribution in [0.4, 0.5) is 32.0 Å². The standard InChI is InChI=1S/C27H30F6N4O/c1-16-10-21-19-4-2-3-5-22(19)35-25(21)26(37(16)15-24(29)30)20-7-6-18(11-23(20)38-27(31,32)33)34-8-9-36-13-17(12-28)14-36/h2-7,11,16-17,24,26,34-35H,8-10,12-15H2,1H3. The van der Waals surface area contributed by atoms with Gasteiger partial charge in [0.15, 0.2) is 0 Å². The van der Waals surface area contributed by atoms with Gasteiger partial charge in [-0.15, -0.1) is 13.2 Å². The minimum Gasteiger partial charge on any atom is -0.405 e. The Labute approximate surface area is 216 Å². The van der Waals surface area contributed by atoms with Gasteiger partial charge in [-0.3, -0.25) is 9.29 Å². The molecule has 1 aromatic heterocycles. The molecule has 2 unspecified atom stereocenters. The first-order valence-corrected chi connectivity index (χ1v) is 12.7. The summed E-state index contributed by atoms with van der Waals surface area (Å²) in [5, 5.41) is 4.03. The average molecular weight is 541 g/mol. The van der Waals surface area contributed by atoms with E-state index in [9.17, 15) is 26.3 Å². The summed E-state index contributed by atoms with van der Waals surface area (Å²) in [5.41, 5.74) is 2.87. The molecule has 5 nitrogen and oxygen atoms in total. The van der Waals surface area contributed by atoms with Gasteiger partial charge in [0.1, 0.15) is 5.75 Å². The maximum absolute atomic E-state index is 13.7. The Hall–Kier alpha value is -2.92. The van der Waals surface area contributed by atoms with Crippen LogP contribution in [0.3, 0.4) is 0 Å². The van der Waals surface area contributed by atoms with Crippen LogP contribution in [0.5, 0.6) is 5.75 Å². The van der Waals surface area contributed by atoms with Crippen LogP contribution in [0.25, 0.3) is 10.9 Å². The first-order chi connectivity index (χ1) is 18.1. The van der Waals surface area contributed by atoms with Crippen LogP contribution in [0, 0.1) is 5.92 Å². The molecule has 5 rings (SSSR count). The number of alkyl halides is 6. The van der Waals surface area contributed by atoms with Crippen LogP contribution in [0.1, 0.15) is 29.8 Å². The lowest BCUT2D eigenvalue weighted by Gasteiger charge is -2.41. The van der Waals surface area contributed by atoms with Crippen molar-refractivity contribution in [1.82, 2.24) is 14.8 Å². The Morgan fingerprint density at radius 2 is 1.89 bits per heavy atom. The number of fused-ring (bicyclic) bond motifs is 3. The number of benzene rings is 2. The van der Waals surface area contributed by atoms with Gasteiger partial charge in [0.05, 0.1) is 19.3 Å². The number of rotatable bonds is 9. The fourth-order valence-electron chi connectivity index (χ4n) is 5.68. The van der Waals surface area contributed by atoms with E-state index in [1.165, 1.54) is 12.1 Å². The van der Waals surface area contributed by atoms with Crippen molar-refractivity contribution >= 4 is 16.6 Å². The molecule has 3 aromatic rings. The fourth-order valence-corrected chi connectivity index (χ4v) is 5.68. The van der Waals surface area contributed by atoms with E-state index in [0.29, 0.717) is 44.0 Å². The molecule has 1 saturated heterocycles. The number of nitrogens with zero attached hydrogens (tertiary/aromatic N) is 2. The molecule has 0 saturated carbocycles. The molecule has 2 aliphatic heterocycles. The summed E-state index contributed by atoms with van der Waals surface area (Å²) < 4.78 is 85.1. The fraction of sp³-hybridized carbons (Fsp3) is 0.481. The van der Waals surface area contributed by atoms with E-state index in [1.54, 1.807) is 11.0 Å². The number of hydrogen-bond acceptors (Lipinski definition) is 4. The Morgan fingerprint density at radius 3 is 2.61 bits per heavy atom. The summed E-state index contributed by atoms with van der Waals surface area (Å²) in [5.74, 6) is -0.392. The first-order valence-electron chi connectivity index (χ1n) is 12.7. The molecule has 2 aromatic carbocycles. The Morgan fingerprint density at radius 1 is 1.13 bits per heavy atom. The molecule has 0 aliphatic carbocycles. The van der Waals surface area contributed by atoms with Crippen molar-refractivity contribution < 1.29 is 31.1 Å². The summed E-state index contributed by atoms with van der Waals surface area (Å²) in [6.45, 7) is 3.25. The van der Waals surface area contributed by atoms with Crippen LogP contribution < -0.4 is 10.1 Å². The van der Waals surface area contributed by atoms with Crippen LogP contribution in [-0.4, -0.2) is 73.0 Å². The zero-order valence-corrected chi connectivity index (χ0v) is 20.9. The number of anilines is 1. The highest BCUT2D eigenvalue weighted by Gasteiger charge is 2.40. The first kappa shape index (κ1) is 26.7. The third-order valence-corrected chi connectivity index (χ3v) is 7.41. The number of hydrogen-bond donors (Lipinski definition) is 2. The van der Waals surface area contributed by atoms with Crippen molar-refractivity contribution in [2.75, 3.05) is 44.7 Å². The molecule has 0 bridgehead atoms. The van der Waals surface area contributed by atoms with Gasteiger partial charge in [-0.1, -0.05) is 24.3 Å². The lowest BCUT2D eigenvalue weighted by molar-refractivity contribution is -0.275.